The van der Waals surface area contributed by atoms with Gasteiger partial charge in [0.2, 0.25) is 0 Å². The Kier molecular flexibility index (Phi) is 5.82. The number of ketones is 1. The summed E-state index contributed by atoms with van der Waals surface area (Å²) in [5, 5.41) is 9.50. The van der Waals surface area contributed by atoms with E-state index in [2.05, 4.69) is 50.2 Å². The molecule has 0 saturated heterocycles. The molecule has 0 heterocycles. The Hall–Kier alpha value is -1.87. The number of rotatable bonds is 5. The molecule has 5 atom stereocenters. The minimum Gasteiger partial charge on any atom is -0.396 e. The third-order valence-electron chi connectivity index (χ3n) is 9.45. The maximum atomic E-state index is 12.2. The fourth-order valence-electron chi connectivity index (χ4n) is 7.88. The lowest BCUT2D eigenvalue weighted by molar-refractivity contribution is -0.114. The molecule has 2 fully saturated rings. The molecule has 0 amide bonds. The molecular formula is C29H39NO2. The molecule has 3 heteroatoms. The highest BCUT2D eigenvalue weighted by Gasteiger charge is 2.56. The van der Waals surface area contributed by atoms with Crippen LogP contribution in [-0.4, -0.2) is 31.6 Å². The summed E-state index contributed by atoms with van der Waals surface area (Å²) in [6.45, 7) is 2.89. The smallest absolute Gasteiger partial charge is 0.156 e. The Labute approximate surface area is 193 Å². The second-order valence-electron chi connectivity index (χ2n) is 11.2. The first-order valence-electron chi connectivity index (χ1n) is 12.8. The van der Waals surface area contributed by atoms with E-state index in [1.165, 1.54) is 42.5 Å². The lowest BCUT2D eigenvalue weighted by atomic mass is 9.51. The van der Waals surface area contributed by atoms with Crippen molar-refractivity contribution in [2.45, 2.75) is 70.6 Å². The molecule has 1 aromatic carbocycles. The molecule has 0 aromatic heterocycles. The van der Waals surface area contributed by atoms with Crippen LogP contribution in [0.1, 0.15) is 76.2 Å². The van der Waals surface area contributed by atoms with Gasteiger partial charge < -0.3 is 10.0 Å². The van der Waals surface area contributed by atoms with Crippen LogP contribution in [-0.2, 0) is 4.79 Å². The van der Waals surface area contributed by atoms with E-state index in [0.29, 0.717) is 36.1 Å². The Morgan fingerprint density at radius 2 is 1.84 bits per heavy atom. The maximum Gasteiger partial charge on any atom is 0.156 e. The van der Waals surface area contributed by atoms with Crippen molar-refractivity contribution in [3.8, 4) is 0 Å². The Morgan fingerprint density at radius 1 is 1.06 bits per heavy atom. The Bertz CT molecular complexity index is 940. The predicted molar refractivity (Wildman–Crippen MR) is 131 cm³/mol. The first-order valence-corrected chi connectivity index (χ1v) is 12.8. The molecule has 172 valence electrons. The van der Waals surface area contributed by atoms with E-state index in [9.17, 15) is 9.90 Å². The average Bonchev–Trinajstić information content (AvgIpc) is 3.12. The number of fused-ring (bicyclic) bond motifs is 4. The minimum absolute atomic E-state index is 0.313. The largest absolute Gasteiger partial charge is 0.396 e. The first-order chi connectivity index (χ1) is 15.4. The highest BCUT2D eigenvalue weighted by molar-refractivity contribution is 5.93. The summed E-state index contributed by atoms with van der Waals surface area (Å²) in [6, 6.07) is 9.26. The van der Waals surface area contributed by atoms with Crippen LogP contribution in [0.25, 0.3) is 0 Å². The number of aliphatic hydroxyl groups is 1. The van der Waals surface area contributed by atoms with Crippen molar-refractivity contribution in [1.82, 2.24) is 0 Å². The topological polar surface area (TPSA) is 40.5 Å². The van der Waals surface area contributed by atoms with Gasteiger partial charge in [-0.15, -0.1) is 0 Å². The molecule has 2 saturated carbocycles. The molecule has 1 N–H and O–H groups in total. The van der Waals surface area contributed by atoms with Gasteiger partial charge in [0, 0.05) is 38.7 Å². The molecule has 32 heavy (non-hydrogen) atoms. The van der Waals surface area contributed by atoms with Gasteiger partial charge in [-0.25, -0.2) is 0 Å². The predicted octanol–water partition coefficient (Wildman–Crippen LogP) is 6.04. The molecule has 4 aliphatic rings. The number of allylic oxidation sites excluding steroid dienone is 4. The third-order valence-corrected chi connectivity index (χ3v) is 9.45. The van der Waals surface area contributed by atoms with Crippen molar-refractivity contribution in [2.75, 3.05) is 25.6 Å². The van der Waals surface area contributed by atoms with Crippen LogP contribution in [0, 0.1) is 23.2 Å². The van der Waals surface area contributed by atoms with E-state index in [1.807, 2.05) is 6.08 Å². The highest BCUT2D eigenvalue weighted by atomic mass is 16.2. The summed E-state index contributed by atoms with van der Waals surface area (Å²) in [4.78, 5) is 14.4. The van der Waals surface area contributed by atoms with Gasteiger partial charge in [-0.05, 0) is 109 Å². The standard InChI is InChI=1S/C29H39NO2/c1-29-18-26(19-6-10-22(11-7-19)30(2)3)28-24-14-12-23(32)17-20(24)8-13-25(28)27(29)15-9-21(29)5-4-16-31/h6-7,10-11,17,21,25-27,31H,4-5,8-9,12-16,18H2,1-3H3/t21-,25?,26?,27-,29-/m0/s1. The Morgan fingerprint density at radius 3 is 2.56 bits per heavy atom. The molecule has 0 bridgehead atoms. The van der Waals surface area contributed by atoms with Gasteiger partial charge in [0.05, 0.1) is 0 Å². The van der Waals surface area contributed by atoms with E-state index in [0.717, 1.165) is 37.5 Å². The molecule has 0 aliphatic heterocycles. The van der Waals surface area contributed by atoms with Gasteiger partial charge in [0.15, 0.2) is 5.78 Å². The number of hydrogen-bond acceptors (Lipinski definition) is 3. The highest BCUT2D eigenvalue weighted by Crippen LogP contribution is 2.66. The van der Waals surface area contributed by atoms with Crippen molar-refractivity contribution < 1.29 is 9.90 Å². The van der Waals surface area contributed by atoms with Gasteiger partial charge in [0.25, 0.3) is 0 Å². The molecule has 4 aliphatic carbocycles. The molecule has 0 radical (unpaired) electrons. The molecule has 3 nitrogen and oxygen atoms in total. The fraction of sp³-hybridized carbons (Fsp3) is 0.621. The first kappa shape index (κ1) is 21.9. The summed E-state index contributed by atoms with van der Waals surface area (Å²) in [7, 11) is 4.20. The lowest BCUT2D eigenvalue weighted by Crippen LogP contribution is -2.43. The number of benzene rings is 1. The number of carbonyl (C=O) groups excluding carboxylic acids is 1. The second kappa shape index (κ2) is 8.48. The van der Waals surface area contributed by atoms with E-state index in [4.69, 9.17) is 0 Å². The SMILES string of the molecule is CN(C)c1ccc(C2C[C@@]3(C)[C@@H](CCCO)CC[C@H]3C3CCC4=CC(=O)CCC4=C23)cc1. The number of carbonyl (C=O) groups is 1. The summed E-state index contributed by atoms with van der Waals surface area (Å²) in [5.41, 5.74) is 7.63. The minimum atomic E-state index is 0.313. The summed E-state index contributed by atoms with van der Waals surface area (Å²) < 4.78 is 0. The average molecular weight is 434 g/mol. The van der Waals surface area contributed by atoms with E-state index < -0.39 is 0 Å². The van der Waals surface area contributed by atoms with Crippen molar-refractivity contribution in [3.63, 3.8) is 0 Å². The quantitative estimate of drug-likeness (QED) is 0.615. The zero-order valence-corrected chi connectivity index (χ0v) is 20.1. The molecule has 1 aromatic rings. The molecule has 2 unspecified atom stereocenters. The van der Waals surface area contributed by atoms with Crippen LogP contribution in [0.3, 0.4) is 0 Å². The normalized spacial score (nSPS) is 34.0. The fourth-order valence-corrected chi connectivity index (χ4v) is 7.88. The molecule has 0 spiro atoms. The van der Waals surface area contributed by atoms with Crippen LogP contribution in [0.5, 0.6) is 0 Å². The lowest BCUT2D eigenvalue weighted by Gasteiger charge is -2.53. The van der Waals surface area contributed by atoms with Crippen LogP contribution >= 0.6 is 0 Å². The van der Waals surface area contributed by atoms with Gasteiger partial charge >= 0.3 is 0 Å². The number of hydrogen-bond donors (Lipinski definition) is 1. The summed E-state index contributed by atoms with van der Waals surface area (Å²) in [5.74, 6) is 2.91. The van der Waals surface area contributed by atoms with Crippen LogP contribution in [0.15, 0.2) is 47.1 Å². The van der Waals surface area contributed by atoms with Crippen LogP contribution in [0.4, 0.5) is 5.69 Å². The van der Waals surface area contributed by atoms with Crippen LogP contribution < -0.4 is 4.90 Å². The zero-order valence-electron chi connectivity index (χ0n) is 20.1. The van der Waals surface area contributed by atoms with Gasteiger partial charge in [-0.3, -0.25) is 4.79 Å². The molecular weight excluding hydrogens is 394 g/mol. The monoisotopic (exact) mass is 433 g/mol. The van der Waals surface area contributed by atoms with Gasteiger partial charge in [-0.1, -0.05) is 24.6 Å². The summed E-state index contributed by atoms with van der Waals surface area (Å²) >= 11 is 0. The van der Waals surface area contributed by atoms with E-state index in [1.54, 1.807) is 11.1 Å². The third kappa shape index (κ3) is 3.57. The maximum absolute atomic E-state index is 12.2. The van der Waals surface area contributed by atoms with Crippen molar-refractivity contribution in [1.29, 1.82) is 0 Å². The second-order valence-corrected chi connectivity index (χ2v) is 11.2. The zero-order chi connectivity index (χ0) is 22.5. The number of nitrogens with zero attached hydrogens (tertiary/aromatic N) is 1. The number of aliphatic hydroxyl groups excluding tert-OH is 1. The number of anilines is 1. The van der Waals surface area contributed by atoms with Crippen molar-refractivity contribution in [2.24, 2.45) is 23.2 Å². The van der Waals surface area contributed by atoms with Crippen molar-refractivity contribution in [3.05, 3.63) is 52.6 Å². The van der Waals surface area contributed by atoms with Gasteiger partial charge in [-0.2, -0.15) is 0 Å². The van der Waals surface area contributed by atoms with E-state index in [-0.39, 0.29) is 0 Å². The molecule has 5 rings (SSSR count). The van der Waals surface area contributed by atoms with Gasteiger partial charge in [0.1, 0.15) is 0 Å². The van der Waals surface area contributed by atoms with Crippen LogP contribution in [0.2, 0.25) is 0 Å². The Balaban J connectivity index is 1.60. The van der Waals surface area contributed by atoms with Crippen molar-refractivity contribution >= 4 is 11.5 Å². The summed E-state index contributed by atoms with van der Waals surface area (Å²) in [6.07, 6.45) is 11.8. The van der Waals surface area contributed by atoms with E-state index >= 15 is 0 Å².